The van der Waals surface area contributed by atoms with Crippen molar-refractivity contribution in [3.05, 3.63) is 54.1 Å². The summed E-state index contributed by atoms with van der Waals surface area (Å²) in [7, 11) is -3.24. The Hall–Kier alpha value is -3.50. The number of phenolic OH excluding ortho intramolecular Hbond substituents is 1. The number of hydrogen-bond acceptors (Lipinski definition) is 7. The fraction of sp³-hybridized carbons (Fsp3) is 0.0556. The van der Waals surface area contributed by atoms with E-state index in [1.165, 1.54) is 37.4 Å². The van der Waals surface area contributed by atoms with Crippen LogP contribution in [-0.2, 0) is 10.1 Å². The van der Waals surface area contributed by atoms with Crippen molar-refractivity contribution in [1.29, 1.82) is 0 Å². The second-order valence-electron chi connectivity index (χ2n) is 5.65. The predicted octanol–water partition coefficient (Wildman–Crippen LogP) is 3.91. The first-order chi connectivity index (χ1) is 13.2. The van der Waals surface area contributed by atoms with Crippen LogP contribution in [0, 0.1) is 0 Å². The van der Waals surface area contributed by atoms with Crippen molar-refractivity contribution in [3.63, 3.8) is 0 Å². The van der Waals surface area contributed by atoms with E-state index in [2.05, 4.69) is 10.2 Å². The lowest BCUT2D eigenvalue weighted by molar-refractivity contribution is 0.0697. The van der Waals surface area contributed by atoms with Crippen LogP contribution < -0.4 is 4.74 Å². The van der Waals surface area contributed by atoms with E-state index in [1.54, 1.807) is 12.1 Å². The molecule has 28 heavy (non-hydrogen) atoms. The SMILES string of the molecule is COc1ccc(C(=O)O)cc1N=Nc1cc(S(=O)(=O)O)c2ccccc2c1O. The molecule has 0 fully saturated rings. The van der Waals surface area contributed by atoms with Crippen molar-refractivity contribution in [2.45, 2.75) is 4.90 Å². The lowest BCUT2D eigenvalue weighted by atomic mass is 10.1. The van der Waals surface area contributed by atoms with Gasteiger partial charge in [-0.1, -0.05) is 24.3 Å². The molecule has 0 heterocycles. The molecule has 3 aromatic carbocycles. The second kappa shape index (κ2) is 7.25. The minimum Gasteiger partial charge on any atom is -0.505 e. The minimum atomic E-state index is -4.60. The van der Waals surface area contributed by atoms with Gasteiger partial charge in [0.1, 0.15) is 22.0 Å². The van der Waals surface area contributed by atoms with Gasteiger partial charge in [-0.2, -0.15) is 8.42 Å². The molecule has 0 spiro atoms. The van der Waals surface area contributed by atoms with Gasteiger partial charge < -0.3 is 14.9 Å². The largest absolute Gasteiger partial charge is 0.505 e. The zero-order valence-corrected chi connectivity index (χ0v) is 15.2. The van der Waals surface area contributed by atoms with E-state index in [1.807, 2.05) is 0 Å². The van der Waals surface area contributed by atoms with Crippen molar-refractivity contribution < 1.29 is 32.7 Å². The van der Waals surface area contributed by atoms with E-state index in [9.17, 15) is 22.9 Å². The van der Waals surface area contributed by atoms with E-state index < -0.39 is 21.0 Å². The number of aromatic carboxylic acids is 1. The average molecular weight is 402 g/mol. The van der Waals surface area contributed by atoms with Crippen LogP contribution in [0.1, 0.15) is 10.4 Å². The number of nitrogens with zero attached hydrogens (tertiary/aromatic N) is 2. The lowest BCUT2D eigenvalue weighted by Crippen LogP contribution is -1.99. The molecule has 3 aromatic rings. The van der Waals surface area contributed by atoms with Crippen molar-refractivity contribution in [2.75, 3.05) is 7.11 Å². The summed E-state index contributed by atoms with van der Waals surface area (Å²) in [6.07, 6.45) is 0. The number of carbonyl (C=O) groups is 1. The van der Waals surface area contributed by atoms with Gasteiger partial charge in [0.25, 0.3) is 10.1 Å². The van der Waals surface area contributed by atoms with E-state index >= 15 is 0 Å². The Labute approximate surface area is 159 Å². The van der Waals surface area contributed by atoms with E-state index in [0.717, 1.165) is 6.07 Å². The van der Waals surface area contributed by atoms with Crippen molar-refractivity contribution in [3.8, 4) is 11.5 Å². The van der Waals surface area contributed by atoms with Crippen molar-refractivity contribution >= 4 is 38.2 Å². The monoisotopic (exact) mass is 402 g/mol. The fourth-order valence-electron chi connectivity index (χ4n) is 2.61. The molecule has 0 bridgehead atoms. The highest BCUT2D eigenvalue weighted by Crippen LogP contribution is 2.40. The first-order valence-electron chi connectivity index (χ1n) is 7.77. The summed E-state index contributed by atoms with van der Waals surface area (Å²) in [6, 6.07) is 10.9. The number of phenols is 1. The van der Waals surface area contributed by atoms with Gasteiger partial charge in [-0.05, 0) is 24.3 Å². The predicted molar refractivity (Wildman–Crippen MR) is 99.6 cm³/mol. The van der Waals surface area contributed by atoms with Crippen LogP contribution >= 0.6 is 0 Å². The van der Waals surface area contributed by atoms with Gasteiger partial charge >= 0.3 is 5.97 Å². The zero-order valence-electron chi connectivity index (χ0n) is 14.4. The number of aromatic hydroxyl groups is 1. The van der Waals surface area contributed by atoms with Crippen molar-refractivity contribution in [1.82, 2.24) is 0 Å². The third kappa shape index (κ3) is 3.63. The molecule has 0 aliphatic heterocycles. The van der Waals surface area contributed by atoms with Crippen LogP contribution in [0.2, 0.25) is 0 Å². The van der Waals surface area contributed by atoms with Crippen LogP contribution in [0.5, 0.6) is 11.5 Å². The Morgan fingerprint density at radius 3 is 2.25 bits per heavy atom. The summed E-state index contributed by atoms with van der Waals surface area (Å²) >= 11 is 0. The highest BCUT2D eigenvalue weighted by molar-refractivity contribution is 7.86. The second-order valence-corrected chi connectivity index (χ2v) is 7.04. The maximum Gasteiger partial charge on any atom is 0.335 e. The molecule has 0 amide bonds. The third-order valence-corrected chi connectivity index (χ3v) is 4.82. The van der Waals surface area contributed by atoms with Gasteiger partial charge in [-0.15, -0.1) is 10.2 Å². The summed E-state index contributed by atoms with van der Waals surface area (Å²) < 4.78 is 38.0. The maximum atomic E-state index is 11.7. The first kappa shape index (κ1) is 19.3. The Kier molecular flexibility index (Phi) is 4.99. The highest BCUT2D eigenvalue weighted by Gasteiger charge is 2.19. The summed E-state index contributed by atoms with van der Waals surface area (Å²) in [5.74, 6) is -1.30. The van der Waals surface area contributed by atoms with Gasteiger partial charge in [0.05, 0.1) is 12.7 Å². The van der Waals surface area contributed by atoms with E-state index in [0.29, 0.717) is 0 Å². The van der Waals surface area contributed by atoms with Gasteiger partial charge in [0.2, 0.25) is 0 Å². The van der Waals surface area contributed by atoms with Gasteiger partial charge in [0, 0.05) is 10.8 Å². The number of hydrogen-bond donors (Lipinski definition) is 3. The minimum absolute atomic E-state index is 0.0587. The molecule has 0 atom stereocenters. The molecule has 144 valence electrons. The van der Waals surface area contributed by atoms with Gasteiger partial charge in [-0.25, -0.2) is 4.79 Å². The number of methoxy groups -OCH3 is 1. The standard InChI is InChI=1S/C18H14N2O7S/c1-27-15-7-6-10(18(22)23)8-13(15)19-20-14-9-16(28(24,25)26)11-4-2-3-5-12(11)17(14)21/h2-9,21H,1H3,(H,22,23)(H,24,25,26). The Morgan fingerprint density at radius 2 is 1.64 bits per heavy atom. The molecule has 0 saturated heterocycles. The highest BCUT2D eigenvalue weighted by atomic mass is 32.2. The first-order valence-corrected chi connectivity index (χ1v) is 9.21. The molecule has 0 saturated carbocycles. The topological polar surface area (TPSA) is 146 Å². The lowest BCUT2D eigenvalue weighted by Gasteiger charge is -2.09. The Bertz CT molecular complexity index is 1220. The van der Waals surface area contributed by atoms with Crippen LogP contribution in [-0.4, -0.2) is 36.3 Å². The average Bonchev–Trinajstić information content (AvgIpc) is 2.66. The fourth-order valence-corrected chi connectivity index (χ4v) is 3.33. The molecule has 0 aliphatic rings. The van der Waals surface area contributed by atoms with Crippen LogP contribution in [0.4, 0.5) is 11.4 Å². The quantitative estimate of drug-likeness (QED) is 0.433. The zero-order chi connectivity index (χ0) is 20.5. The molecular weight excluding hydrogens is 388 g/mol. The number of rotatable bonds is 5. The molecule has 9 nitrogen and oxygen atoms in total. The van der Waals surface area contributed by atoms with Crippen LogP contribution in [0.15, 0.2) is 63.7 Å². The molecule has 3 rings (SSSR count). The summed E-state index contributed by atoms with van der Waals surface area (Å²) in [5.41, 5.74) is -0.228. The number of ether oxygens (including phenoxy) is 1. The third-order valence-electron chi connectivity index (χ3n) is 3.93. The molecule has 0 radical (unpaired) electrons. The number of carboxylic acid groups (broad SMARTS) is 1. The van der Waals surface area contributed by atoms with Gasteiger partial charge in [0.15, 0.2) is 5.75 Å². The maximum absolute atomic E-state index is 11.7. The number of azo groups is 1. The summed E-state index contributed by atoms with van der Waals surface area (Å²) in [6.45, 7) is 0. The number of fused-ring (bicyclic) bond motifs is 1. The molecule has 3 N–H and O–H groups in total. The molecular formula is C18H14N2O7S. The summed E-state index contributed by atoms with van der Waals surface area (Å²) in [4.78, 5) is 10.7. The molecule has 0 unspecified atom stereocenters. The molecule has 0 aliphatic carbocycles. The normalized spacial score (nSPS) is 11.8. The summed E-state index contributed by atoms with van der Waals surface area (Å²) in [5, 5.41) is 27.5. The Balaban J connectivity index is 2.19. The number of carboxylic acids is 1. The molecule has 10 heteroatoms. The smallest absolute Gasteiger partial charge is 0.335 e. The molecule has 0 aromatic heterocycles. The van der Waals surface area contributed by atoms with E-state index in [-0.39, 0.29) is 39.2 Å². The number of benzene rings is 3. The van der Waals surface area contributed by atoms with Crippen molar-refractivity contribution in [2.24, 2.45) is 10.2 Å². The van der Waals surface area contributed by atoms with E-state index in [4.69, 9.17) is 9.84 Å². The Morgan fingerprint density at radius 1 is 1.00 bits per heavy atom. The van der Waals surface area contributed by atoms with Gasteiger partial charge in [-0.3, -0.25) is 4.55 Å². The van der Waals surface area contributed by atoms with Crippen LogP contribution in [0.3, 0.4) is 0 Å². The van der Waals surface area contributed by atoms with Crippen LogP contribution in [0.25, 0.3) is 10.8 Å².